The van der Waals surface area contributed by atoms with Crippen molar-refractivity contribution in [1.29, 1.82) is 0 Å². The molecule has 0 aromatic rings. The quantitative estimate of drug-likeness (QED) is 0.240. The standard InChI is InChI=1S/C25H50N6/c1-18(2)22(9)26-13-30(14-27-23(10)19(3)4)17-31(15-28-24(11)20(5)6)16-29-25(12)21(7)8/h18-21,26-29H,9-17H2,1-8H3. The van der Waals surface area contributed by atoms with Gasteiger partial charge in [0.15, 0.2) is 0 Å². The van der Waals surface area contributed by atoms with Gasteiger partial charge >= 0.3 is 0 Å². The van der Waals surface area contributed by atoms with E-state index < -0.39 is 0 Å². The first-order valence-corrected chi connectivity index (χ1v) is 11.5. The predicted molar refractivity (Wildman–Crippen MR) is 136 cm³/mol. The topological polar surface area (TPSA) is 54.6 Å². The zero-order valence-electron chi connectivity index (χ0n) is 21.6. The van der Waals surface area contributed by atoms with Crippen LogP contribution in [-0.4, -0.2) is 43.1 Å². The molecule has 0 bridgehead atoms. The third-order valence-electron chi connectivity index (χ3n) is 5.31. The van der Waals surface area contributed by atoms with E-state index in [1.165, 1.54) is 0 Å². The van der Waals surface area contributed by atoms with E-state index in [9.17, 15) is 0 Å². The van der Waals surface area contributed by atoms with Crippen LogP contribution in [0, 0.1) is 23.7 Å². The average molecular weight is 435 g/mol. The van der Waals surface area contributed by atoms with Crippen LogP contribution >= 0.6 is 0 Å². The minimum Gasteiger partial charge on any atom is -0.376 e. The highest BCUT2D eigenvalue weighted by atomic mass is 15.4. The monoisotopic (exact) mass is 434 g/mol. The molecule has 0 saturated carbocycles. The summed E-state index contributed by atoms with van der Waals surface area (Å²) in [7, 11) is 0. The number of rotatable bonds is 18. The SMILES string of the molecule is C=C(NCN(CNC(=C)C(C)C)CN(CNC(=C)C(C)C)CNC(=C)C(C)C)C(C)C. The van der Waals surface area contributed by atoms with Gasteiger partial charge in [-0.15, -0.1) is 0 Å². The maximum Gasteiger partial charge on any atom is 0.0701 e. The fourth-order valence-electron chi connectivity index (χ4n) is 2.26. The summed E-state index contributed by atoms with van der Waals surface area (Å²) in [6.45, 7) is 37.3. The Morgan fingerprint density at radius 2 is 0.677 bits per heavy atom. The third kappa shape index (κ3) is 13.2. The van der Waals surface area contributed by atoms with E-state index in [2.05, 4.69) is 113 Å². The third-order valence-corrected chi connectivity index (χ3v) is 5.31. The summed E-state index contributed by atoms with van der Waals surface area (Å²) < 4.78 is 0. The summed E-state index contributed by atoms with van der Waals surface area (Å²) in [6, 6.07) is 0. The Morgan fingerprint density at radius 1 is 0.484 bits per heavy atom. The molecule has 6 heteroatoms. The zero-order valence-corrected chi connectivity index (χ0v) is 21.6. The van der Waals surface area contributed by atoms with Crippen LogP contribution in [0.3, 0.4) is 0 Å². The van der Waals surface area contributed by atoms with E-state index in [4.69, 9.17) is 0 Å². The highest BCUT2D eigenvalue weighted by Gasteiger charge is 2.14. The minimum atomic E-state index is 0.392. The molecule has 180 valence electrons. The van der Waals surface area contributed by atoms with Gasteiger partial charge in [0.2, 0.25) is 0 Å². The van der Waals surface area contributed by atoms with Gasteiger partial charge in [0.05, 0.1) is 33.3 Å². The van der Waals surface area contributed by atoms with E-state index in [1.54, 1.807) is 0 Å². The number of hydrogen-bond acceptors (Lipinski definition) is 6. The lowest BCUT2D eigenvalue weighted by molar-refractivity contribution is 0.109. The van der Waals surface area contributed by atoms with Crippen LogP contribution in [0.15, 0.2) is 49.1 Å². The van der Waals surface area contributed by atoms with Crippen molar-refractivity contribution in [3.63, 3.8) is 0 Å². The Labute approximate surface area is 192 Å². The lowest BCUT2D eigenvalue weighted by Gasteiger charge is -2.33. The van der Waals surface area contributed by atoms with Gasteiger partial charge in [0.1, 0.15) is 0 Å². The second-order valence-corrected chi connectivity index (χ2v) is 9.54. The molecule has 0 aliphatic carbocycles. The molecule has 0 fully saturated rings. The Morgan fingerprint density at radius 3 is 0.839 bits per heavy atom. The molecule has 0 aliphatic heterocycles. The predicted octanol–water partition coefficient (Wildman–Crippen LogP) is 4.42. The van der Waals surface area contributed by atoms with Crippen LogP contribution in [0.25, 0.3) is 0 Å². The molecule has 31 heavy (non-hydrogen) atoms. The first-order valence-electron chi connectivity index (χ1n) is 11.5. The van der Waals surface area contributed by atoms with Crippen LogP contribution in [0.1, 0.15) is 55.4 Å². The molecule has 0 aromatic heterocycles. The smallest absolute Gasteiger partial charge is 0.0701 e. The maximum absolute atomic E-state index is 4.15. The first kappa shape index (κ1) is 29.1. The van der Waals surface area contributed by atoms with Crippen LogP contribution in [0.2, 0.25) is 0 Å². The maximum atomic E-state index is 4.15. The number of nitrogens with zero attached hydrogens (tertiary/aromatic N) is 2. The summed E-state index contributed by atoms with van der Waals surface area (Å²) in [6.07, 6.45) is 0. The number of allylic oxidation sites excluding steroid dienone is 4. The molecule has 0 aliphatic rings. The number of hydrogen-bond donors (Lipinski definition) is 4. The fraction of sp³-hybridized carbons (Fsp3) is 0.680. The Hall–Kier alpha value is -1.92. The van der Waals surface area contributed by atoms with Crippen LogP contribution in [-0.2, 0) is 0 Å². The van der Waals surface area contributed by atoms with Gasteiger partial charge in [-0.3, -0.25) is 9.80 Å². The van der Waals surface area contributed by atoms with Gasteiger partial charge in [0.25, 0.3) is 0 Å². The van der Waals surface area contributed by atoms with E-state index in [-0.39, 0.29) is 0 Å². The summed E-state index contributed by atoms with van der Waals surface area (Å²) in [5.41, 5.74) is 4.16. The second-order valence-electron chi connectivity index (χ2n) is 9.54. The molecule has 6 nitrogen and oxygen atoms in total. The summed E-state index contributed by atoms with van der Waals surface area (Å²) in [5, 5.41) is 13.9. The van der Waals surface area contributed by atoms with Crippen molar-refractivity contribution in [3.05, 3.63) is 49.1 Å². The molecule has 0 spiro atoms. The highest BCUT2D eigenvalue weighted by molar-refractivity contribution is 4.97. The van der Waals surface area contributed by atoms with E-state index in [1.807, 2.05) is 0 Å². The van der Waals surface area contributed by atoms with Crippen molar-refractivity contribution in [1.82, 2.24) is 31.1 Å². The molecule has 0 aromatic carbocycles. The van der Waals surface area contributed by atoms with Crippen molar-refractivity contribution in [3.8, 4) is 0 Å². The van der Waals surface area contributed by atoms with Gasteiger partial charge in [-0.05, 0) is 23.7 Å². The molecule has 4 N–H and O–H groups in total. The summed E-state index contributed by atoms with van der Waals surface area (Å²) in [5.74, 6) is 1.57. The molecule has 0 saturated heterocycles. The van der Waals surface area contributed by atoms with Crippen molar-refractivity contribution in [2.24, 2.45) is 23.7 Å². The van der Waals surface area contributed by atoms with Gasteiger partial charge in [-0.1, -0.05) is 81.7 Å². The Bertz CT molecular complexity index is 479. The van der Waals surface area contributed by atoms with E-state index in [0.717, 1.165) is 29.5 Å². The molecule has 0 amide bonds. The number of nitrogens with one attached hydrogen (secondary N) is 4. The van der Waals surface area contributed by atoms with Crippen LogP contribution in [0.5, 0.6) is 0 Å². The first-order chi connectivity index (χ1) is 14.3. The highest BCUT2D eigenvalue weighted by Crippen LogP contribution is 2.07. The lowest BCUT2D eigenvalue weighted by Crippen LogP contribution is -2.51. The molecular formula is C25H50N6. The lowest BCUT2D eigenvalue weighted by atomic mass is 10.1. The molecule has 0 unspecified atom stereocenters. The molecule has 0 radical (unpaired) electrons. The molecule has 0 rings (SSSR count). The van der Waals surface area contributed by atoms with Gasteiger partial charge in [-0.2, -0.15) is 0 Å². The molecule has 0 atom stereocenters. The summed E-state index contributed by atoms with van der Waals surface area (Å²) in [4.78, 5) is 4.61. The molecule has 0 heterocycles. The normalized spacial score (nSPS) is 11.5. The van der Waals surface area contributed by atoms with Crippen LogP contribution in [0.4, 0.5) is 0 Å². The van der Waals surface area contributed by atoms with E-state index in [0.29, 0.717) is 50.3 Å². The zero-order chi connectivity index (χ0) is 24.1. The summed E-state index contributed by atoms with van der Waals surface area (Å²) >= 11 is 0. The van der Waals surface area contributed by atoms with Gasteiger partial charge in [0, 0.05) is 22.8 Å². The van der Waals surface area contributed by atoms with Gasteiger partial charge < -0.3 is 21.3 Å². The second kappa shape index (κ2) is 15.0. The van der Waals surface area contributed by atoms with E-state index >= 15 is 0 Å². The van der Waals surface area contributed by atoms with Crippen LogP contribution < -0.4 is 21.3 Å². The van der Waals surface area contributed by atoms with Crippen molar-refractivity contribution >= 4 is 0 Å². The largest absolute Gasteiger partial charge is 0.376 e. The minimum absolute atomic E-state index is 0.392. The van der Waals surface area contributed by atoms with Crippen molar-refractivity contribution < 1.29 is 0 Å². The van der Waals surface area contributed by atoms with Crippen molar-refractivity contribution in [2.45, 2.75) is 55.4 Å². The Kier molecular flexibility index (Phi) is 14.0. The molecular weight excluding hydrogens is 384 g/mol. The Balaban J connectivity index is 5.22. The van der Waals surface area contributed by atoms with Crippen molar-refractivity contribution in [2.75, 3.05) is 33.3 Å². The fourth-order valence-corrected chi connectivity index (χ4v) is 2.26. The average Bonchev–Trinajstić information content (AvgIpc) is 2.69. The van der Waals surface area contributed by atoms with Gasteiger partial charge in [-0.25, -0.2) is 0 Å².